The highest BCUT2D eigenvalue weighted by atomic mass is 35.5. The smallest absolute Gasteiger partial charge is 0.311 e. The molecule has 26 heavy (non-hydrogen) atoms. The maximum Gasteiger partial charge on any atom is 0.330 e. The lowest BCUT2D eigenvalue weighted by molar-refractivity contribution is -0.113. The van der Waals surface area contributed by atoms with Crippen molar-refractivity contribution in [1.82, 2.24) is 9.55 Å². The Morgan fingerprint density at radius 1 is 1.19 bits per heavy atom. The van der Waals surface area contributed by atoms with E-state index >= 15 is 0 Å². The summed E-state index contributed by atoms with van der Waals surface area (Å²) in [7, 11) is 0. The molecule has 8 heteroatoms. The second-order valence-corrected chi connectivity index (χ2v) is 7.76. The number of rotatable bonds is 5. The maximum absolute atomic E-state index is 12.3. The highest BCUT2D eigenvalue weighted by molar-refractivity contribution is 8.00. The van der Waals surface area contributed by atoms with E-state index in [1.54, 1.807) is 12.1 Å². The molecule has 0 bridgehead atoms. The van der Waals surface area contributed by atoms with Crippen LogP contribution in [0.15, 0.2) is 44.8 Å². The quantitative estimate of drug-likeness (QED) is 0.762. The monoisotopic (exact) mass is 393 g/mol. The van der Waals surface area contributed by atoms with Gasteiger partial charge in [0.25, 0.3) is 5.56 Å². The van der Waals surface area contributed by atoms with Crippen molar-refractivity contribution in [3.63, 3.8) is 0 Å². The van der Waals surface area contributed by atoms with Crippen molar-refractivity contribution in [2.45, 2.75) is 43.0 Å². The first kappa shape index (κ1) is 18.8. The summed E-state index contributed by atoms with van der Waals surface area (Å²) >= 11 is 7.21. The number of aromatic nitrogens is 2. The third-order valence-corrected chi connectivity index (χ3v) is 5.63. The van der Waals surface area contributed by atoms with Gasteiger partial charge >= 0.3 is 5.69 Å². The fourth-order valence-corrected chi connectivity index (χ4v) is 3.99. The van der Waals surface area contributed by atoms with E-state index in [-0.39, 0.29) is 23.5 Å². The fourth-order valence-electron chi connectivity index (χ4n) is 3.16. The lowest BCUT2D eigenvalue weighted by Crippen LogP contribution is -2.36. The first-order chi connectivity index (χ1) is 12.5. The molecule has 0 aliphatic heterocycles. The lowest BCUT2D eigenvalue weighted by atomic mass is 9.95. The van der Waals surface area contributed by atoms with E-state index in [1.165, 1.54) is 22.4 Å². The van der Waals surface area contributed by atoms with Gasteiger partial charge in [-0.25, -0.2) is 4.79 Å². The largest absolute Gasteiger partial charge is 0.330 e. The van der Waals surface area contributed by atoms with E-state index in [4.69, 9.17) is 11.6 Å². The number of aromatic amines is 1. The summed E-state index contributed by atoms with van der Waals surface area (Å²) in [6.45, 7) is 0. The van der Waals surface area contributed by atoms with Gasteiger partial charge in [0.2, 0.25) is 5.91 Å². The standard InChI is InChI=1S/C18H20ClN3O3S/c19-12-6-8-14(9-7-12)26-11-17(24)20-15-10-16(23)21-18(25)22(15)13-4-2-1-3-5-13/h6-10,13H,1-5,11H2,(H,20,24)(H,21,23,25). The number of nitrogens with one attached hydrogen (secondary N) is 2. The van der Waals surface area contributed by atoms with Crippen LogP contribution in [0.4, 0.5) is 5.82 Å². The topological polar surface area (TPSA) is 84.0 Å². The molecule has 2 aromatic rings. The molecule has 0 unspecified atom stereocenters. The molecule has 0 atom stereocenters. The second kappa shape index (κ2) is 8.60. The summed E-state index contributed by atoms with van der Waals surface area (Å²) in [6, 6.07) is 8.49. The van der Waals surface area contributed by atoms with Gasteiger partial charge in [-0.1, -0.05) is 30.9 Å². The number of thioether (sulfide) groups is 1. The fraction of sp³-hybridized carbons (Fsp3) is 0.389. The van der Waals surface area contributed by atoms with Crippen LogP contribution in [0, 0.1) is 0 Å². The van der Waals surface area contributed by atoms with Crippen molar-refractivity contribution < 1.29 is 4.79 Å². The van der Waals surface area contributed by atoms with Gasteiger partial charge in [0, 0.05) is 22.0 Å². The van der Waals surface area contributed by atoms with Gasteiger partial charge in [-0.15, -0.1) is 11.8 Å². The summed E-state index contributed by atoms with van der Waals surface area (Å²) in [5.74, 6) is 0.180. The zero-order valence-electron chi connectivity index (χ0n) is 14.2. The van der Waals surface area contributed by atoms with E-state index in [9.17, 15) is 14.4 Å². The van der Waals surface area contributed by atoms with Crippen molar-refractivity contribution >= 4 is 35.1 Å². The Hall–Kier alpha value is -1.99. The third-order valence-electron chi connectivity index (χ3n) is 4.37. The average Bonchev–Trinajstić information content (AvgIpc) is 2.61. The van der Waals surface area contributed by atoms with Crippen LogP contribution in [0.25, 0.3) is 0 Å². The van der Waals surface area contributed by atoms with Crippen molar-refractivity contribution in [1.29, 1.82) is 0 Å². The van der Waals surface area contributed by atoms with Crippen molar-refractivity contribution in [3.05, 3.63) is 56.2 Å². The number of hydrogen-bond acceptors (Lipinski definition) is 4. The molecule has 1 heterocycles. The molecule has 1 aliphatic rings. The number of nitrogens with zero attached hydrogens (tertiary/aromatic N) is 1. The molecular weight excluding hydrogens is 374 g/mol. The van der Waals surface area contributed by atoms with Crippen LogP contribution in [0.2, 0.25) is 5.02 Å². The highest BCUT2D eigenvalue weighted by Crippen LogP contribution is 2.29. The van der Waals surface area contributed by atoms with Gasteiger partial charge < -0.3 is 5.32 Å². The number of carbonyl (C=O) groups is 1. The van der Waals surface area contributed by atoms with E-state index < -0.39 is 11.2 Å². The maximum atomic E-state index is 12.3. The molecule has 1 saturated carbocycles. The Morgan fingerprint density at radius 3 is 2.58 bits per heavy atom. The van der Waals surface area contributed by atoms with Crippen LogP contribution in [0.3, 0.4) is 0 Å². The molecule has 1 aromatic carbocycles. The van der Waals surface area contributed by atoms with Crippen LogP contribution >= 0.6 is 23.4 Å². The molecule has 1 aliphatic carbocycles. The number of amides is 1. The number of benzene rings is 1. The molecule has 1 aromatic heterocycles. The van der Waals surface area contributed by atoms with E-state index in [0.717, 1.165) is 37.0 Å². The third kappa shape index (κ3) is 4.80. The summed E-state index contributed by atoms with van der Waals surface area (Å²) in [5.41, 5.74) is -0.979. The van der Waals surface area contributed by atoms with Crippen molar-refractivity contribution in [3.8, 4) is 0 Å². The Morgan fingerprint density at radius 2 is 1.88 bits per heavy atom. The number of anilines is 1. The van der Waals surface area contributed by atoms with Crippen LogP contribution in [-0.4, -0.2) is 21.2 Å². The number of H-pyrrole nitrogens is 1. The van der Waals surface area contributed by atoms with Crippen LogP contribution in [-0.2, 0) is 4.79 Å². The summed E-state index contributed by atoms with van der Waals surface area (Å²) < 4.78 is 1.52. The predicted octanol–water partition coefficient (Wildman–Crippen LogP) is 3.43. The normalized spacial score (nSPS) is 15.0. The molecule has 3 rings (SSSR count). The van der Waals surface area contributed by atoms with E-state index in [0.29, 0.717) is 5.02 Å². The van der Waals surface area contributed by atoms with Gasteiger partial charge in [0.05, 0.1) is 5.75 Å². The first-order valence-electron chi connectivity index (χ1n) is 8.57. The van der Waals surface area contributed by atoms with Gasteiger partial charge in [-0.05, 0) is 37.1 Å². The van der Waals surface area contributed by atoms with Crippen LogP contribution in [0.5, 0.6) is 0 Å². The molecule has 0 spiro atoms. The van der Waals surface area contributed by atoms with Gasteiger partial charge in [0.15, 0.2) is 0 Å². The number of carbonyl (C=O) groups excluding carboxylic acids is 1. The van der Waals surface area contributed by atoms with Gasteiger partial charge in [-0.3, -0.25) is 19.1 Å². The zero-order chi connectivity index (χ0) is 18.5. The minimum atomic E-state index is -0.511. The van der Waals surface area contributed by atoms with Crippen LogP contribution in [0.1, 0.15) is 38.1 Å². The lowest BCUT2D eigenvalue weighted by Gasteiger charge is -2.26. The average molecular weight is 394 g/mol. The Bertz CT molecular complexity index is 886. The minimum absolute atomic E-state index is 0.00678. The molecule has 1 fully saturated rings. The molecular formula is C18H20ClN3O3S. The Balaban J connectivity index is 1.73. The second-order valence-electron chi connectivity index (χ2n) is 6.28. The Labute approximate surface area is 160 Å². The predicted molar refractivity (Wildman–Crippen MR) is 104 cm³/mol. The first-order valence-corrected chi connectivity index (χ1v) is 9.93. The van der Waals surface area contributed by atoms with Crippen molar-refractivity contribution in [2.75, 3.05) is 11.1 Å². The van der Waals surface area contributed by atoms with E-state index in [2.05, 4.69) is 10.3 Å². The molecule has 2 N–H and O–H groups in total. The van der Waals surface area contributed by atoms with Gasteiger partial charge in [0.1, 0.15) is 5.82 Å². The number of hydrogen-bond donors (Lipinski definition) is 2. The highest BCUT2D eigenvalue weighted by Gasteiger charge is 2.20. The summed E-state index contributed by atoms with van der Waals surface area (Å²) in [4.78, 5) is 39.5. The van der Waals surface area contributed by atoms with E-state index in [1.807, 2.05) is 12.1 Å². The molecule has 0 radical (unpaired) electrons. The minimum Gasteiger partial charge on any atom is -0.311 e. The SMILES string of the molecule is O=C(CSc1ccc(Cl)cc1)Nc1cc(=O)[nH]c(=O)n1C1CCCCC1. The molecule has 6 nitrogen and oxygen atoms in total. The molecule has 138 valence electrons. The van der Waals surface area contributed by atoms with Crippen LogP contribution < -0.4 is 16.6 Å². The zero-order valence-corrected chi connectivity index (χ0v) is 15.7. The Kier molecular flexibility index (Phi) is 6.21. The number of halogens is 1. The van der Waals surface area contributed by atoms with Crippen molar-refractivity contribution in [2.24, 2.45) is 0 Å². The summed E-state index contributed by atoms with van der Waals surface area (Å²) in [5, 5.41) is 3.37. The summed E-state index contributed by atoms with van der Waals surface area (Å²) in [6.07, 6.45) is 4.96. The molecule has 1 amide bonds. The molecule has 0 saturated heterocycles. The van der Waals surface area contributed by atoms with Gasteiger partial charge in [-0.2, -0.15) is 0 Å².